The summed E-state index contributed by atoms with van der Waals surface area (Å²) < 4.78 is 10.9. The molecule has 1 amide bonds. The van der Waals surface area contributed by atoms with E-state index in [1.807, 2.05) is 17.0 Å². The lowest BCUT2D eigenvalue weighted by Gasteiger charge is -2.33. The molecule has 1 unspecified atom stereocenters. The van der Waals surface area contributed by atoms with Crippen LogP contribution in [0, 0.1) is 0 Å². The molecule has 1 fully saturated rings. The van der Waals surface area contributed by atoms with E-state index in [0.717, 1.165) is 5.75 Å². The van der Waals surface area contributed by atoms with Crippen LogP contribution in [0.2, 0.25) is 0 Å². The third-order valence-electron chi connectivity index (χ3n) is 3.10. The van der Waals surface area contributed by atoms with Gasteiger partial charge in [0.05, 0.1) is 13.2 Å². The standard InChI is InChI=1S/C13H19N3O3/c14-10-1-3-11(4-2-10)19-8-6-16-5-7-18-9-12(16)13(15)17/h1-4,12H,5-9,14H2,(H2,15,17). The van der Waals surface area contributed by atoms with E-state index in [0.29, 0.717) is 38.6 Å². The van der Waals surface area contributed by atoms with E-state index >= 15 is 0 Å². The molecule has 6 heteroatoms. The Labute approximate surface area is 112 Å². The summed E-state index contributed by atoms with van der Waals surface area (Å²) in [5.74, 6) is 0.408. The summed E-state index contributed by atoms with van der Waals surface area (Å²) >= 11 is 0. The van der Waals surface area contributed by atoms with Crippen LogP contribution in [-0.2, 0) is 9.53 Å². The Morgan fingerprint density at radius 1 is 1.42 bits per heavy atom. The fourth-order valence-corrected chi connectivity index (χ4v) is 2.01. The van der Waals surface area contributed by atoms with Gasteiger partial charge in [-0.15, -0.1) is 0 Å². The molecule has 19 heavy (non-hydrogen) atoms. The van der Waals surface area contributed by atoms with Gasteiger partial charge in [0, 0.05) is 18.8 Å². The largest absolute Gasteiger partial charge is 0.492 e. The summed E-state index contributed by atoms with van der Waals surface area (Å²) in [6.45, 7) is 2.80. The molecule has 1 saturated heterocycles. The van der Waals surface area contributed by atoms with Gasteiger partial charge < -0.3 is 20.9 Å². The van der Waals surface area contributed by atoms with Crippen LogP contribution in [0.15, 0.2) is 24.3 Å². The van der Waals surface area contributed by atoms with Crippen molar-refractivity contribution in [1.29, 1.82) is 0 Å². The molecule has 4 N–H and O–H groups in total. The molecule has 1 aromatic rings. The highest BCUT2D eigenvalue weighted by Gasteiger charge is 2.27. The Balaban J connectivity index is 1.80. The molecule has 0 saturated carbocycles. The van der Waals surface area contributed by atoms with Gasteiger partial charge in [0.15, 0.2) is 0 Å². The first-order valence-corrected chi connectivity index (χ1v) is 6.26. The second kappa shape index (κ2) is 6.40. The van der Waals surface area contributed by atoms with Gasteiger partial charge in [0.2, 0.25) is 5.91 Å². The van der Waals surface area contributed by atoms with Crippen molar-refractivity contribution in [2.24, 2.45) is 5.73 Å². The fourth-order valence-electron chi connectivity index (χ4n) is 2.01. The average molecular weight is 265 g/mol. The highest BCUT2D eigenvalue weighted by molar-refractivity contribution is 5.80. The third-order valence-corrected chi connectivity index (χ3v) is 3.10. The summed E-state index contributed by atoms with van der Waals surface area (Å²) in [5.41, 5.74) is 11.6. The summed E-state index contributed by atoms with van der Waals surface area (Å²) in [7, 11) is 0. The molecule has 6 nitrogen and oxygen atoms in total. The molecule has 0 spiro atoms. The topological polar surface area (TPSA) is 90.8 Å². The third kappa shape index (κ3) is 3.84. The molecule has 104 valence electrons. The number of amides is 1. The van der Waals surface area contributed by atoms with Crippen LogP contribution < -0.4 is 16.2 Å². The zero-order chi connectivity index (χ0) is 13.7. The smallest absolute Gasteiger partial charge is 0.237 e. The summed E-state index contributed by atoms with van der Waals surface area (Å²) in [4.78, 5) is 13.3. The van der Waals surface area contributed by atoms with Crippen molar-refractivity contribution in [2.75, 3.05) is 38.6 Å². The monoisotopic (exact) mass is 265 g/mol. The molecule has 0 aromatic heterocycles. The molecule has 1 heterocycles. The lowest BCUT2D eigenvalue weighted by Crippen LogP contribution is -2.53. The summed E-state index contributed by atoms with van der Waals surface area (Å²) in [5, 5.41) is 0. The summed E-state index contributed by atoms with van der Waals surface area (Å²) in [6, 6.07) is 6.86. The van der Waals surface area contributed by atoms with Gasteiger partial charge in [-0.2, -0.15) is 0 Å². The van der Waals surface area contributed by atoms with Gasteiger partial charge in [0.25, 0.3) is 0 Å². The van der Waals surface area contributed by atoms with Gasteiger partial charge in [-0.1, -0.05) is 0 Å². The number of morpholine rings is 1. The van der Waals surface area contributed by atoms with Gasteiger partial charge in [-0.05, 0) is 24.3 Å². The Morgan fingerprint density at radius 2 is 2.16 bits per heavy atom. The highest BCUT2D eigenvalue weighted by atomic mass is 16.5. The van der Waals surface area contributed by atoms with Gasteiger partial charge in [-0.25, -0.2) is 0 Å². The molecule has 0 bridgehead atoms. The van der Waals surface area contributed by atoms with Gasteiger partial charge in [-0.3, -0.25) is 9.69 Å². The Hall–Kier alpha value is -1.79. The fraction of sp³-hybridized carbons (Fsp3) is 0.462. The summed E-state index contributed by atoms with van der Waals surface area (Å²) in [6.07, 6.45) is 0. The van der Waals surface area contributed by atoms with Crippen molar-refractivity contribution in [1.82, 2.24) is 4.90 Å². The number of nitrogens with two attached hydrogens (primary N) is 2. The van der Waals surface area contributed by atoms with E-state index in [1.165, 1.54) is 0 Å². The predicted molar refractivity (Wildman–Crippen MR) is 71.7 cm³/mol. The Bertz CT molecular complexity index is 422. The first-order valence-electron chi connectivity index (χ1n) is 6.26. The molecule has 1 aromatic carbocycles. The number of benzene rings is 1. The van der Waals surface area contributed by atoms with Crippen molar-refractivity contribution in [3.63, 3.8) is 0 Å². The van der Waals surface area contributed by atoms with Crippen molar-refractivity contribution in [2.45, 2.75) is 6.04 Å². The second-order valence-corrected chi connectivity index (χ2v) is 4.45. The number of primary amides is 1. The van der Waals surface area contributed by atoms with Crippen LogP contribution in [0.3, 0.4) is 0 Å². The quantitative estimate of drug-likeness (QED) is 0.722. The van der Waals surface area contributed by atoms with E-state index in [1.54, 1.807) is 12.1 Å². The molecule has 1 aliphatic heterocycles. The van der Waals surface area contributed by atoms with E-state index < -0.39 is 0 Å². The Kier molecular flexibility index (Phi) is 4.59. The minimum Gasteiger partial charge on any atom is -0.492 e. The Morgan fingerprint density at radius 3 is 2.84 bits per heavy atom. The molecule has 2 rings (SSSR count). The molecular formula is C13H19N3O3. The van der Waals surface area contributed by atoms with Crippen LogP contribution in [0.4, 0.5) is 5.69 Å². The average Bonchev–Trinajstić information content (AvgIpc) is 2.41. The number of nitrogen functional groups attached to an aromatic ring is 1. The lowest BCUT2D eigenvalue weighted by atomic mass is 10.2. The maximum Gasteiger partial charge on any atom is 0.237 e. The van der Waals surface area contributed by atoms with Crippen molar-refractivity contribution >= 4 is 11.6 Å². The first kappa shape index (κ1) is 13.6. The second-order valence-electron chi connectivity index (χ2n) is 4.45. The first-order chi connectivity index (χ1) is 9.16. The zero-order valence-electron chi connectivity index (χ0n) is 10.7. The molecule has 0 radical (unpaired) electrons. The number of rotatable bonds is 5. The number of carbonyl (C=O) groups is 1. The van der Waals surface area contributed by atoms with Gasteiger partial charge in [0.1, 0.15) is 18.4 Å². The molecular weight excluding hydrogens is 246 g/mol. The van der Waals surface area contributed by atoms with E-state index in [-0.39, 0.29) is 11.9 Å². The van der Waals surface area contributed by atoms with Crippen molar-refractivity contribution < 1.29 is 14.3 Å². The maximum absolute atomic E-state index is 11.3. The molecule has 1 aliphatic rings. The lowest BCUT2D eigenvalue weighted by molar-refractivity contribution is -0.129. The minimum absolute atomic E-state index is 0.354. The van der Waals surface area contributed by atoms with Crippen LogP contribution in [0.5, 0.6) is 5.75 Å². The highest BCUT2D eigenvalue weighted by Crippen LogP contribution is 2.13. The number of anilines is 1. The normalized spacial score (nSPS) is 20.1. The van der Waals surface area contributed by atoms with Crippen LogP contribution in [0.25, 0.3) is 0 Å². The molecule has 1 atom stereocenters. The molecule has 0 aliphatic carbocycles. The number of hydrogen-bond donors (Lipinski definition) is 2. The number of carbonyl (C=O) groups excluding carboxylic acids is 1. The predicted octanol–water partition coefficient (Wildman–Crippen LogP) is -0.166. The number of ether oxygens (including phenoxy) is 2. The number of hydrogen-bond acceptors (Lipinski definition) is 5. The zero-order valence-corrected chi connectivity index (χ0v) is 10.7. The SMILES string of the molecule is NC(=O)C1COCCN1CCOc1ccc(N)cc1. The van der Waals surface area contributed by atoms with Crippen LogP contribution in [0.1, 0.15) is 0 Å². The maximum atomic E-state index is 11.3. The number of nitrogens with zero attached hydrogens (tertiary/aromatic N) is 1. The van der Waals surface area contributed by atoms with Crippen molar-refractivity contribution in [3.8, 4) is 5.75 Å². The van der Waals surface area contributed by atoms with E-state index in [9.17, 15) is 4.79 Å². The van der Waals surface area contributed by atoms with Crippen LogP contribution >= 0.6 is 0 Å². The minimum atomic E-state index is -0.358. The van der Waals surface area contributed by atoms with Crippen molar-refractivity contribution in [3.05, 3.63) is 24.3 Å². The van der Waals surface area contributed by atoms with E-state index in [2.05, 4.69) is 0 Å². The van der Waals surface area contributed by atoms with Gasteiger partial charge >= 0.3 is 0 Å². The van der Waals surface area contributed by atoms with Crippen LogP contribution in [-0.4, -0.2) is 49.8 Å². The van der Waals surface area contributed by atoms with E-state index in [4.69, 9.17) is 20.9 Å².